The Morgan fingerprint density at radius 1 is 1.10 bits per heavy atom. The number of ether oxygens (including phenoxy) is 2. The van der Waals surface area contributed by atoms with Crippen LogP contribution in [0.15, 0.2) is 59.6 Å². The van der Waals surface area contributed by atoms with Crippen molar-refractivity contribution in [2.24, 2.45) is 4.99 Å². The molecule has 0 saturated heterocycles. The number of benzene rings is 2. The third kappa shape index (κ3) is 2.74. The monoisotopic (exact) mass is 268 g/mol. The zero-order chi connectivity index (χ0) is 13.8. The van der Waals surface area contributed by atoms with Crippen LogP contribution in [0.5, 0.6) is 5.75 Å². The fourth-order valence-corrected chi connectivity index (χ4v) is 2.08. The molecular formula is C16H16N2O2. The van der Waals surface area contributed by atoms with Gasteiger partial charge < -0.3 is 14.8 Å². The minimum atomic E-state index is -0.00283. The molecule has 0 amide bonds. The molecule has 0 saturated carbocycles. The van der Waals surface area contributed by atoms with E-state index >= 15 is 0 Å². The van der Waals surface area contributed by atoms with Gasteiger partial charge in [-0.1, -0.05) is 30.3 Å². The summed E-state index contributed by atoms with van der Waals surface area (Å²) in [6.07, 6.45) is -0.00283. The Kier molecular flexibility index (Phi) is 3.54. The molecule has 2 aromatic carbocycles. The number of hydrogen-bond donors (Lipinski definition) is 1. The Morgan fingerprint density at radius 2 is 1.85 bits per heavy atom. The second kappa shape index (κ2) is 5.65. The molecule has 0 bridgehead atoms. The van der Waals surface area contributed by atoms with Crippen molar-refractivity contribution in [3.05, 3.63) is 60.2 Å². The molecule has 1 heterocycles. The Bertz CT molecular complexity index is 594. The van der Waals surface area contributed by atoms with Gasteiger partial charge >= 0.3 is 0 Å². The van der Waals surface area contributed by atoms with E-state index in [9.17, 15) is 0 Å². The lowest BCUT2D eigenvalue weighted by molar-refractivity contribution is 0.229. The first-order valence-electron chi connectivity index (χ1n) is 6.52. The van der Waals surface area contributed by atoms with Crippen molar-refractivity contribution >= 4 is 11.7 Å². The molecule has 20 heavy (non-hydrogen) atoms. The minimum Gasteiger partial charge on any atom is -0.497 e. The van der Waals surface area contributed by atoms with E-state index in [4.69, 9.17) is 9.47 Å². The molecule has 1 unspecified atom stereocenters. The highest BCUT2D eigenvalue weighted by Gasteiger charge is 2.21. The lowest BCUT2D eigenvalue weighted by Gasteiger charge is -2.12. The third-order valence-electron chi connectivity index (χ3n) is 3.17. The second-order valence-electron chi connectivity index (χ2n) is 4.52. The molecule has 2 aromatic rings. The maximum Gasteiger partial charge on any atom is 0.290 e. The van der Waals surface area contributed by atoms with E-state index in [1.165, 1.54) is 0 Å². The van der Waals surface area contributed by atoms with Crippen molar-refractivity contribution < 1.29 is 9.47 Å². The Labute approximate surface area is 118 Å². The average Bonchev–Trinajstić information content (AvgIpc) is 2.97. The maximum absolute atomic E-state index is 5.82. The highest BCUT2D eigenvalue weighted by molar-refractivity contribution is 5.90. The van der Waals surface area contributed by atoms with E-state index in [0.29, 0.717) is 12.6 Å². The smallest absolute Gasteiger partial charge is 0.290 e. The Hall–Kier alpha value is -2.49. The highest BCUT2D eigenvalue weighted by Crippen LogP contribution is 2.23. The molecule has 3 rings (SSSR count). The zero-order valence-corrected chi connectivity index (χ0v) is 11.2. The summed E-state index contributed by atoms with van der Waals surface area (Å²) in [6.45, 7) is 0.641. The molecule has 0 radical (unpaired) electrons. The predicted octanol–water partition coefficient (Wildman–Crippen LogP) is 3.23. The van der Waals surface area contributed by atoms with Crippen LogP contribution < -0.4 is 10.1 Å². The summed E-state index contributed by atoms with van der Waals surface area (Å²) in [4.78, 5) is 4.38. The molecule has 102 valence electrons. The van der Waals surface area contributed by atoms with Gasteiger partial charge in [-0.3, -0.25) is 0 Å². The number of aliphatic imine (C=N–C) groups is 1. The molecule has 1 aliphatic heterocycles. The van der Waals surface area contributed by atoms with Crippen LogP contribution in [0.25, 0.3) is 0 Å². The number of hydrogen-bond acceptors (Lipinski definition) is 4. The predicted molar refractivity (Wildman–Crippen MR) is 79.2 cm³/mol. The van der Waals surface area contributed by atoms with Crippen LogP contribution in [0.1, 0.15) is 11.7 Å². The molecule has 0 aliphatic carbocycles. The summed E-state index contributed by atoms with van der Waals surface area (Å²) in [7, 11) is 1.65. The third-order valence-corrected chi connectivity index (χ3v) is 3.17. The van der Waals surface area contributed by atoms with Gasteiger partial charge in [-0.15, -0.1) is 0 Å². The standard InChI is InChI=1S/C16H16N2O2/c1-19-14-9-7-13(8-10-14)18-16-17-11-15(20-16)12-5-3-2-4-6-12/h2-10,15H,11H2,1H3,(H,17,18). The van der Waals surface area contributed by atoms with Crippen LogP contribution in [0.4, 0.5) is 5.69 Å². The summed E-state index contributed by atoms with van der Waals surface area (Å²) in [5, 5.41) is 3.16. The van der Waals surface area contributed by atoms with Gasteiger partial charge in [-0.25, -0.2) is 4.99 Å². The van der Waals surface area contributed by atoms with E-state index in [1.807, 2.05) is 42.5 Å². The first-order chi connectivity index (χ1) is 9.85. The SMILES string of the molecule is COc1ccc(NC2=NCC(c3ccccc3)O2)cc1. The van der Waals surface area contributed by atoms with Gasteiger partial charge in [0, 0.05) is 5.69 Å². The average molecular weight is 268 g/mol. The Morgan fingerprint density at radius 3 is 2.55 bits per heavy atom. The van der Waals surface area contributed by atoms with E-state index < -0.39 is 0 Å². The van der Waals surface area contributed by atoms with Crippen molar-refractivity contribution in [2.75, 3.05) is 19.0 Å². The number of rotatable bonds is 3. The van der Waals surface area contributed by atoms with E-state index in [-0.39, 0.29) is 6.10 Å². The molecule has 0 spiro atoms. The van der Waals surface area contributed by atoms with Gasteiger partial charge in [-0.05, 0) is 29.8 Å². The summed E-state index contributed by atoms with van der Waals surface area (Å²) < 4.78 is 10.9. The summed E-state index contributed by atoms with van der Waals surface area (Å²) >= 11 is 0. The van der Waals surface area contributed by atoms with Crippen molar-refractivity contribution in [3.63, 3.8) is 0 Å². The van der Waals surface area contributed by atoms with Gasteiger partial charge in [0.1, 0.15) is 11.9 Å². The molecule has 4 nitrogen and oxygen atoms in total. The largest absolute Gasteiger partial charge is 0.497 e. The number of anilines is 1. The van der Waals surface area contributed by atoms with Crippen LogP contribution in [0, 0.1) is 0 Å². The molecule has 0 aromatic heterocycles. The number of nitrogens with one attached hydrogen (secondary N) is 1. The molecule has 0 fully saturated rings. The summed E-state index contributed by atoms with van der Waals surface area (Å²) in [5.74, 6) is 0.826. The van der Waals surface area contributed by atoms with Gasteiger partial charge in [0.25, 0.3) is 6.02 Å². The van der Waals surface area contributed by atoms with Crippen molar-refractivity contribution in [2.45, 2.75) is 6.10 Å². The quantitative estimate of drug-likeness (QED) is 0.929. The lowest BCUT2D eigenvalue weighted by Crippen LogP contribution is -2.13. The first kappa shape index (κ1) is 12.5. The number of amidine groups is 1. The van der Waals surface area contributed by atoms with E-state index in [2.05, 4.69) is 22.4 Å². The van der Waals surface area contributed by atoms with Crippen molar-refractivity contribution in [1.82, 2.24) is 0 Å². The first-order valence-corrected chi connectivity index (χ1v) is 6.52. The fraction of sp³-hybridized carbons (Fsp3) is 0.188. The normalized spacial score (nSPS) is 17.2. The minimum absolute atomic E-state index is 0.00283. The van der Waals surface area contributed by atoms with Crippen molar-refractivity contribution in [3.8, 4) is 5.75 Å². The van der Waals surface area contributed by atoms with Crippen LogP contribution in [0.3, 0.4) is 0 Å². The van der Waals surface area contributed by atoms with Gasteiger partial charge in [0.15, 0.2) is 0 Å². The van der Waals surface area contributed by atoms with Gasteiger partial charge in [0.05, 0.1) is 13.7 Å². The molecule has 1 N–H and O–H groups in total. The topological polar surface area (TPSA) is 42.8 Å². The molecule has 1 atom stereocenters. The summed E-state index contributed by atoms with van der Waals surface area (Å²) in [5.41, 5.74) is 2.07. The molecule has 1 aliphatic rings. The maximum atomic E-state index is 5.82. The van der Waals surface area contributed by atoms with E-state index in [0.717, 1.165) is 17.0 Å². The molecular weight excluding hydrogens is 252 g/mol. The van der Waals surface area contributed by atoms with Gasteiger partial charge in [-0.2, -0.15) is 0 Å². The lowest BCUT2D eigenvalue weighted by atomic mass is 10.1. The van der Waals surface area contributed by atoms with Gasteiger partial charge in [0.2, 0.25) is 0 Å². The molecule has 4 heteroatoms. The fourth-order valence-electron chi connectivity index (χ4n) is 2.08. The number of methoxy groups -OCH3 is 1. The van der Waals surface area contributed by atoms with Crippen LogP contribution >= 0.6 is 0 Å². The van der Waals surface area contributed by atoms with E-state index in [1.54, 1.807) is 7.11 Å². The van der Waals surface area contributed by atoms with Crippen LogP contribution in [-0.4, -0.2) is 19.7 Å². The Balaban J connectivity index is 1.62. The van der Waals surface area contributed by atoms with Crippen molar-refractivity contribution in [1.29, 1.82) is 0 Å². The number of nitrogens with zero attached hydrogens (tertiary/aromatic N) is 1. The van der Waals surface area contributed by atoms with Crippen LogP contribution in [-0.2, 0) is 4.74 Å². The second-order valence-corrected chi connectivity index (χ2v) is 4.52. The van der Waals surface area contributed by atoms with Crippen LogP contribution in [0.2, 0.25) is 0 Å². The highest BCUT2D eigenvalue weighted by atomic mass is 16.5. The summed E-state index contributed by atoms with van der Waals surface area (Å²) in [6, 6.07) is 18.3. The zero-order valence-electron chi connectivity index (χ0n) is 11.2.